The van der Waals surface area contributed by atoms with Crippen molar-refractivity contribution in [2.24, 2.45) is 11.7 Å². The van der Waals surface area contributed by atoms with E-state index in [1.165, 1.54) is 6.20 Å². The fourth-order valence-corrected chi connectivity index (χ4v) is 3.89. The molecule has 0 spiro atoms. The number of carboxylic acid groups (broad SMARTS) is 1. The topological polar surface area (TPSA) is 169 Å². The molecular weight excluding hydrogens is 471 g/mol. The molecule has 0 aliphatic heterocycles. The number of nitrogens with two attached hydrogens (primary N) is 1. The van der Waals surface area contributed by atoms with E-state index >= 15 is 0 Å². The van der Waals surface area contributed by atoms with Crippen molar-refractivity contribution >= 4 is 29.3 Å². The molecule has 1 aliphatic rings. The minimum atomic E-state index is -1.18. The van der Waals surface area contributed by atoms with Gasteiger partial charge in [0.15, 0.2) is 11.6 Å². The number of anilines is 3. The molecule has 190 valence electrons. The van der Waals surface area contributed by atoms with Crippen molar-refractivity contribution in [3.05, 3.63) is 48.2 Å². The van der Waals surface area contributed by atoms with Crippen LogP contribution in [-0.4, -0.2) is 55.5 Å². The summed E-state index contributed by atoms with van der Waals surface area (Å²) in [4.78, 5) is 31.8. The number of amides is 2. The second-order valence-corrected chi connectivity index (χ2v) is 8.38. The second kappa shape index (κ2) is 10.5. The fourth-order valence-electron chi connectivity index (χ4n) is 3.89. The van der Waals surface area contributed by atoms with Gasteiger partial charge < -0.3 is 31.5 Å². The summed E-state index contributed by atoms with van der Waals surface area (Å²) in [5, 5.41) is 21.7. The maximum atomic E-state index is 14.9. The van der Waals surface area contributed by atoms with Crippen LogP contribution in [-0.2, 0) is 0 Å². The first-order valence-corrected chi connectivity index (χ1v) is 11.4. The predicted molar refractivity (Wildman–Crippen MR) is 129 cm³/mol. The Hall–Kier alpha value is -4.42. The van der Waals surface area contributed by atoms with Crippen molar-refractivity contribution in [2.75, 3.05) is 17.2 Å². The van der Waals surface area contributed by atoms with E-state index in [0.717, 1.165) is 18.9 Å². The van der Waals surface area contributed by atoms with Gasteiger partial charge in [0.05, 0.1) is 30.1 Å². The van der Waals surface area contributed by atoms with Gasteiger partial charge in [-0.25, -0.2) is 23.8 Å². The van der Waals surface area contributed by atoms with Crippen LogP contribution in [0.4, 0.5) is 26.5 Å². The lowest BCUT2D eigenvalue weighted by molar-refractivity contribution is 0.1000. The number of primary amides is 1. The summed E-state index contributed by atoms with van der Waals surface area (Å²) in [5.41, 5.74) is 6.29. The highest BCUT2D eigenvalue weighted by Gasteiger charge is 2.36. The van der Waals surface area contributed by atoms with Crippen molar-refractivity contribution in [3.8, 4) is 11.6 Å². The highest BCUT2D eigenvalue weighted by atomic mass is 19.1. The number of nitrogens with zero attached hydrogens (tertiary/aromatic N) is 4. The van der Waals surface area contributed by atoms with Crippen LogP contribution < -0.4 is 26.4 Å². The minimum Gasteiger partial charge on any atom is -0.476 e. The molecule has 36 heavy (non-hydrogen) atoms. The second-order valence-electron chi connectivity index (χ2n) is 8.38. The average molecular weight is 499 g/mol. The van der Waals surface area contributed by atoms with E-state index in [0.29, 0.717) is 23.9 Å². The third-order valence-corrected chi connectivity index (χ3v) is 5.69. The van der Waals surface area contributed by atoms with Gasteiger partial charge in [-0.2, -0.15) is 5.10 Å². The van der Waals surface area contributed by atoms with Crippen LogP contribution in [0.25, 0.3) is 5.69 Å². The number of aromatic nitrogens is 4. The smallest absolute Gasteiger partial charge is 0.404 e. The largest absolute Gasteiger partial charge is 0.476 e. The molecule has 0 saturated heterocycles. The highest BCUT2D eigenvalue weighted by molar-refractivity contribution is 5.98. The first-order chi connectivity index (χ1) is 17.3. The maximum Gasteiger partial charge on any atom is 0.404 e. The molecule has 3 heterocycles. The lowest BCUT2D eigenvalue weighted by Gasteiger charge is -2.26. The maximum absolute atomic E-state index is 14.9. The lowest BCUT2D eigenvalue weighted by Crippen LogP contribution is -2.45. The molecular formula is C23H27FN8O4. The van der Waals surface area contributed by atoms with Crippen LogP contribution in [0.1, 0.15) is 37.0 Å². The summed E-state index contributed by atoms with van der Waals surface area (Å²) in [7, 11) is 0. The summed E-state index contributed by atoms with van der Waals surface area (Å²) < 4.78 is 22.1. The third-order valence-electron chi connectivity index (χ3n) is 5.69. The molecule has 2 atom stereocenters. The standard InChI is InChI=1S/C23H27FN8O4/c1-3-36-22-17(32-8-4-7-27-32)9-14(11-26-22)29-20-15(19(25)33)10-16(24)21(31-20)30-18(13-5-6-13)12(2)28-23(34)35/h4,7-13,18,28H,3,5-6H2,1-2H3,(H2,25,33)(H,34,35)(H2,29,30,31)/t12-,18+/m0/s1. The quantitative estimate of drug-likeness (QED) is 0.267. The first kappa shape index (κ1) is 24.7. The number of halogens is 1. The Balaban J connectivity index is 1.67. The van der Waals surface area contributed by atoms with E-state index in [9.17, 15) is 14.0 Å². The van der Waals surface area contributed by atoms with Gasteiger partial charge in [0, 0.05) is 18.4 Å². The molecule has 0 bridgehead atoms. The van der Waals surface area contributed by atoms with Gasteiger partial charge in [0.1, 0.15) is 11.5 Å². The van der Waals surface area contributed by atoms with Gasteiger partial charge in [-0.1, -0.05) is 0 Å². The van der Waals surface area contributed by atoms with Gasteiger partial charge in [-0.15, -0.1) is 0 Å². The van der Waals surface area contributed by atoms with E-state index in [4.69, 9.17) is 15.6 Å². The number of hydrogen-bond donors (Lipinski definition) is 5. The van der Waals surface area contributed by atoms with Crippen LogP contribution in [0, 0.1) is 11.7 Å². The van der Waals surface area contributed by atoms with E-state index in [1.807, 2.05) is 6.92 Å². The minimum absolute atomic E-state index is 0.0113. The molecule has 2 amide bonds. The predicted octanol–water partition coefficient (Wildman–Crippen LogP) is 2.89. The highest BCUT2D eigenvalue weighted by Crippen LogP contribution is 2.36. The molecule has 12 nitrogen and oxygen atoms in total. The number of pyridine rings is 2. The van der Waals surface area contributed by atoms with E-state index in [1.54, 1.807) is 36.1 Å². The molecule has 6 N–H and O–H groups in total. The zero-order chi connectivity index (χ0) is 25.8. The van der Waals surface area contributed by atoms with Crippen LogP contribution in [0.15, 0.2) is 36.8 Å². The van der Waals surface area contributed by atoms with Gasteiger partial charge in [-0.3, -0.25) is 4.79 Å². The van der Waals surface area contributed by atoms with Crippen molar-refractivity contribution in [1.82, 2.24) is 25.1 Å². The summed E-state index contributed by atoms with van der Waals surface area (Å²) in [6.07, 6.45) is 5.39. The van der Waals surface area contributed by atoms with E-state index < -0.39 is 29.9 Å². The molecule has 1 saturated carbocycles. The number of rotatable bonds is 11. The third kappa shape index (κ3) is 5.62. The average Bonchev–Trinajstić information content (AvgIpc) is 3.51. The van der Waals surface area contributed by atoms with Gasteiger partial charge >= 0.3 is 6.09 Å². The SMILES string of the molecule is CCOc1ncc(Nc2nc(N[C@@H](C3CC3)[C@H](C)NC(=O)O)c(F)cc2C(N)=O)cc1-n1cccn1. The van der Waals surface area contributed by atoms with Crippen LogP contribution in [0.3, 0.4) is 0 Å². The van der Waals surface area contributed by atoms with Gasteiger partial charge in [-0.05, 0) is 50.8 Å². The molecule has 3 aromatic heterocycles. The summed E-state index contributed by atoms with van der Waals surface area (Å²) in [5.74, 6) is -1.27. The van der Waals surface area contributed by atoms with Crippen LogP contribution >= 0.6 is 0 Å². The Morgan fingerprint density at radius 3 is 2.72 bits per heavy atom. The number of carbonyl (C=O) groups is 2. The fraction of sp³-hybridized carbons (Fsp3) is 0.348. The molecule has 0 aromatic carbocycles. The molecule has 0 unspecified atom stereocenters. The molecule has 0 radical (unpaired) electrons. The summed E-state index contributed by atoms with van der Waals surface area (Å²) in [6.45, 7) is 3.92. The normalized spacial score (nSPS) is 14.5. The number of ether oxygens (including phenoxy) is 1. The first-order valence-electron chi connectivity index (χ1n) is 11.4. The van der Waals surface area contributed by atoms with Gasteiger partial charge in [0.2, 0.25) is 5.88 Å². The molecule has 4 rings (SSSR count). The molecule has 1 fully saturated rings. The monoisotopic (exact) mass is 498 g/mol. The van der Waals surface area contributed by atoms with E-state index in [2.05, 4.69) is 31.0 Å². The Bertz CT molecular complexity index is 1250. The lowest BCUT2D eigenvalue weighted by atomic mass is 10.0. The van der Waals surface area contributed by atoms with Crippen molar-refractivity contribution < 1.29 is 23.8 Å². The Kier molecular flexibility index (Phi) is 7.17. The molecule has 3 aromatic rings. The number of nitrogens with one attached hydrogen (secondary N) is 3. The Morgan fingerprint density at radius 1 is 1.33 bits per heavy atom. The number of carbonyl (C=O) groups excluding carboxylic acids is 1. The van der Waals surface area contributed by atoms with Crippen LogP contribution in [0.5, 0.6) is 5.88 Å². The van der Waals surface area contributed by atoms with Crippen LogP contribution in [0.2, 0.25) is 0 Å². The zero-order valence-electron chi connectivity index (χ0n) is 19.7. The van der Waals surface area contributed by atoms with Crippen molar-refractivity contribution in [1.29, 1.82) is 0 Å². The molecule has 1 aliphatic carbocycles. The zero-order valence-corrected chi connectivity index (χ0v) is 19.7. The summed E-state index contributed by atoms with van der Waals surface area (Å²) >= 11 is 0. The van der Waals surface area contributed by atoms with Gasteiger partial charge in [0.25, 0.3) is 5.91 Å². The number of hydrogen-bond acceptors (Lipinski definition) is 8. The van der Waals surface area contributed by atoms with Crippen molar-refractivity contribution in [2.45, 2.75) is 38.8 Å². The van der Waals surface area contributed by atoms with Crippen molar-refractivity contribution in [3.63, 3.8) is 0 Å². The molecule has 13 heteroatoms. The Morgan fingerprint density at radius 2 is 2.11 bits per heavy atom. The summed E-state index contributed by atoms with van der Waals surface area (Å²) in [6, 6.07) is 3.54. The Labute approximate surface area is 206 Å². The van der Waals surface area contributed by atoms with E-state index in [-0.39, 0.29) is 23.1 Å².